The number of carbonyl (C=O) groups is 2. The van der Waals surface area contributed by atoms with E-state index in [1.165, 1.54) is 9.21 Å². The zero-order valence-corrected chi connectivity index (χ0v) is 18.7. The Morgan fingerprint density at radius 1 is 1.14 bits per heavy atom. The van der Waals surface area contributed by atoms with E-state index in [4.69, 9.17) is 4.74 Å². The molecule has 2 aliphatic rings. The number of sulfonamides is 1. The van der Waals surface area contributed by atoms with Gasteiger partial charge in [0.25, 0.3) is 0 Å². The first-order valence-corrected chi connectivity index (χ1v) is 11.8. The summed E-state index contributed by atoms with van der Waals surface area (Å²) in [7, 11) is -0.112. The first-order chi connectivity index (χ1) is 13.4. The third-order valence-electron chi connectivity index (χ3n) is 5.57. The molecule has 2 heterocycles. The molecule has 1 N–H and O–H groups in total. The molecule has 1 atom stereocenters. The molecule has 29 heavy (non-hydrogen) atoms. The maximum atomic E-state index is 12.6. The second kappa shape index (κ2) is 9.59. The van der Waals surface area contributed by atoms with Crippen molar-refractivity contribution in [1.82, 2.24) is 19.0 Å². The van der Waals surface area contributed by atoms with E-state index in [0.717, 1.165) is 6.26 Å². The summed E-state index contributed by atoms with van der Waals surface area (Å²) in [4.78, 5) is 29.5. The molecule has 2 rings (SSSR count). The number of hydrogen-bond donors (Lipinski definition) is 1. The predicted molar refractivity (Wildman–Crippen MR) is 108 cm³/mol. The number of hydrogen-bond acceptors (Lipinski definition) is 7. The first kappa shape index (κ1) is 23.8. The van der Waals surface area contributed by atoms with E-state index in [2.05, 4.69) is 0 Å². The van der Waals surface area contributed by atoms with Crippen molar-refractivity contribution < 1.29 is 27.9 Å². The van der Waals surface area contributed by atoms with Gasteiger partial charge < -0.3 is 19.6 Å². The normalized spacial score (nSPS) is 24.0. The molecule has 0 saturated carbocycles. The van der Waals surface area contributed by atoms with Crippen molar-refractivity contribution in [2.45, 2.75) is 25.4 Å². The predicted octanol–water partition coefficient (Wildman–Crippen LogP) is -0.749. The standard InChI is InChI=1S/C18H34N4O6S/c1-5-28-17(24)21-8-6-18(25,7-9-21)14-20-10-11-22(29(4,26)27)13-15(12-20)16(23)19(2)3/h15,25H,5-14H2,1-4H3. The number of ether oxygens (including phenoxy) is 1. The van der Waals surface area contributed by atoms with Crippen molar-refractivity contribution in [3.63, 3.8) is 0 Å². The van der Waals surface area contributed by atoms with Gasteiger partial charge in [-0.25, -0.2) is 17.5 Å². The minimum atomic E-state index is -3.42. The highest BCUT2D eigenvalue weighted by atomic mass is 32.2. The van der Waals surface area contributed by atoms with Crippen LogP contribution >= 0.6 is 0 Å². The minimum absolute atomic E-state index is 0.130. The molecular weight excluding hydrogens is 400 g/mol. The van der Waals surface area contributed by atoms with Gasteiger partial charge >= 0.3 is 6.09 Å². The molecule has 0 aliphatic carbocycles. The number of carbonyl (C=O) groups excluding carboxylic acids is 2. The number of nitrogens with zero attached hydrogens (tertiary/aromatic N) is 4. The van der Waals surface area contributed by atoms with Crippen LogP contribution in [0.3, 0.4) is 0 Å². The number of amides is 2. The van der Waals surface area contributed by atoms with Crippen LogP contribution in [-0.4, -0.2) is 123 Å². The van der Waals surface area contributed by atoms with Crippen molar-refractivity contribution in [2.24, 2.45) is 5.92 Å². The molecule has 0 spiro atoms. The molecule has 2 fully saturated rings. The molecule has 2 saturated heterocycles. The molecule has 11 heteroatoms. The summed E-state index contributed by atoms with van der Waals surface area (Å²) in [6, 6.07) is 0. The molecule has 168 valence electrons. The van der Waals surface area contributed by atoms with Gasteiger partial charge in [-0.05, 0) is 19.8 Å². The smallest absolute Gasteiger partial charge is 0.409 e. The van der Waals surface area contributed by atoms with Gasteiger partial charge in [0.15, 0.2) is 0 Å². The minimum Gasteiger partial charge on any atom is -0.450 e. The van der Waals surface area contributed by atoms with Crippen molar-refractivity contribution in [3.05, 3.63) is 0 Å². The van der Waals surface area contributed by atoms with Crippen molar-refractivity contribution in [1.29, 1.82) is 0 Å². The lowest BCUT2D eigenvalue weighted by Gasteiger charge is -2.40. The van der Waals surface area contributed by atoms with Gasteiger partial charge in [-0.1, -0.05) is 0 Å². The fourth-order valence-corrected chi connectivity index (χ4v) is 4.78. The fraction of sp³-hybridized carbons (Fsp3) is 0.889. The number of aliphatic hydroxyl groups is 1. The third-order valence-corrected chi connectivity index (χ3v) is 6.84. The van der Waals surface area contributed by atoms with Crippen LogP contribution in [0.25, 0.3) is 0 Å². The van der Waals surface area contributed by atoms with Gasteiger partial charge in [0.2, 0.25) is 15.9 Å². The second-order valence-electron chi connectivity index (χ2n) is 8.20. The van der Waals surface area contributed by atoms with Crippen molar-refractivity contribution in [2.75, 3.05) is 72.8 Å². The van der Waals surface area contributed by atoms with E-state index in [1.807, 2.05) is 4.90 Å². The number of rotatable bonds is 5. The van der Waals surface area contributed by atoms with Crippen molar-refractivity contribution >= 4 is 22.0 Å². The average molecular weight is 435 g/mol. The summed E-state index contributed by atoms with van der Waals surface area (Å²) in [6.07, 6.45) is 1.59. The molecule has 0 aromatic carbocycles. The summed E-state index contributed by atoms with van der Waals surface area (Å²) >= 11 is 0. The number of piperidine rings is 1. The number of β-amino-alcohol motifs (C(OH)–C–C–N with tert-alkyl or cyclic N) is 1. The Labute approximate surface area is 173 Å². The molecule has 10 nitrogen and oxygen atoms in total. The van der Waals surface area contributed by atoms with E-state index < -0.39 is 21.5 Å². The Hall–Kier alpha value is -1.43. The Kier molecular flexibility index (Phi) is 7.88. The zero-order valence-electron chi connectivity index (χ0n) is 17.8. The van der Waals surface area contributed by atoms with Crippen LogP contribution in [0, 0.1) is 5.92 Å². The first-order valence-electron chi connectivity index (χ1n) is 9.98. The third kappa shape index (κ3) is 6.53. The van der Waals surface area contributed by atoms with E-state index in [9.17, 15) is 23.1 Å². The zero-order chi connectivity index (χ0) is 21.8. The quantitative estimate of drug-likeness (QED) is 0.606. The van der Waals surface area contributed by atoms with Gasteiger partial charge in [-0.2, -0.15) is 0 Å². The Bertz CT molecular complexity index is 690. The molecule has 1 unspecified atom stereocenters. The highest BCUT2D eigenvalue weighted by molar-refractivity contribution is 7.88. The molecule has 2 aliphatic heterocycles. The fourth-order valence-electron chi connectivity index (χ4n) is 3.91. The van der Waals surface area contributed by atoms with Gasteiger partial charge in [-0.3, -0.25) is 9.69 Å². The molecular formula is C18H34N4O6S. The summed E-state index contributed by atoms with van der Waals surface area (Å²) in [5.41, 5.74) is -0.991. The van der Waals surface area contributed by atoms with Crippen LogP contribution in [0.2, 0.25) is 0 Å². The van der Waals surface area contributed by atoms with Crippen LogP contribution in [0.1, 0.15) is 19.8 Å². The summed E-state index contributed by atoms with van der Waals surface area (Å²) in [5.74, 6) is -0.625. The monoisotopic (exact) mass is 434 g/mol. The van der Waals surface area contributed by atoms with Crippen LogP contribution < -0.4 is 0 Å². The molecule has 0 aromatic rings. The average Bonchev–Trinajstić information content (AvgIpc) is 2.84. The van der Waals surface area contributed by atoms with Crippen LogP contribution in [-0.2, 0) is 19.6 Å². The Morgan fingerprint density at radius 2 is 1.76 bits per heavy atom. The van der Waals surface area contributed by atoms with Crippen molar-refractivity contribution in [3.8, 4) is 0 Å². The summed E-state index contributed by atoms with van der Waals surface area (Å²) < 4.78 is 30.5. The second-order valence-corrected chi connectivity index (χ2v) is 10.2. The highest BCUT2D eigenvalue weighted by Gasteiger charge is 2.39. The lowest BCUT2D eigenvalue weighted by Crippen LogP contribution is -2.53. The largest absolute Gasteiger partial charge is 0.450 e. The molecule has 0 aromatic heterocycles. The van der Waals surface area contributed by atoms with E-state index in [0.29, 0.717) is 52.2 Å². The Balaban J connectivity index is 2.05. The van der Waals surface area contributed by atoms with Gasteiger partial charge in [0, 0.05) is 59.9 Å². The maximum Gasteiger partial charge on any atom is 0.409 e. The summed E-state index contributed by atoms with van der Waals surface area (Å²) in [5, 5.41) is 11.1. The highest BCUT2D eigenvalue weighted by Crippen LogP contribution is 2.25. The SMILES string of the molecule is CCOC(=O)N1CCC(O)(CN2CCN(S(C)(=O)=O)CC(C(=O)N(C)C)C2)CC1. The molecule has 0 bridgehead atoms. The van der Waals surface area contributed by atoms with Gasteiger partial charge in [0.1, 0.15) is 0 Å². The van der Waals surface area contributed by atoms with Crippen LogP contribution in [0.4, 0.5) is 4.79 Å². The number of likely N-dealkylation sites (tertiary alicyclic amines) is 1. The van der Waals surface area contributed by atoms with E-state index in [-0.39, 0.29) is 25.1 Å². The molecule has 2 amide bonds. The van der Waals surface area contributed by atoms with E-state index >= 15 is 0 Å². The lowest BCUT2D eigenvalue weighted by atomic mass is 9.90. The van der Waals surface area contributed by atoms with Crippen LogP contribution in [0.5, 0.6) is 0 Å². The maximum absolute atomic E-state index is 12.6. The Morgan fingerprint density at radius 3 is 2.28 bits per heavy atom. The topological polar surface area (TPSA) is 111 Å². The molecule has 0 radical (unpaired) electrons. The van der Waals surface area contributed by atoms with Crippen LogP contribution in [0.15, 0.2) is 0 Å². The lowest BCUT2D eigenvalue weighted by molar-refractivity contribution is -0.134. The summed E-state index contributed by atoms with van der Waals surface area (Å²) in [6.45, 7) is 4.44. The van der Waals surface area contributed by atoms with Gasteiger partial charge in [-0.15, -0.1) is 0 Å². The van der Waals surface area contributed by atoms with E-state index in [1.54, 1.807) is 25.9 Å². The van der Waals surface area contributed by atoms with Gasteiger partial charge in [0.05, 0.1) is 24.4 Å².